The number of carbonyl (C=O) groups excluding carboxylic acids is 5. The van der Waals surface area contributed by atoms with Gasteiger partial charge in [0.05, 0.1) is 42.0 Å². The number of rotatable bonds is 8. The zero-order valence-electron chi connectivity index (χ0n) is 71.0. The second-order valence-electron chi connectivity index (χ2n) is 41.7. The first-order valence-corrected chi connectivity index (χ1v) is 43.2. The number of hydrogen-bond donors (Lipinski definition) is 12. The first kappa shape index (κ1) is 87.1. The van der Waals surface area contributed by atoms with Crippen molar-refractivity contribution in [3.05, 3.63) is 106 Å². The number of halogens is 4. The minimum absolute atomic E-state index is 0.0000134. The molecule has 648 valence electrons. The first-order valence-electron chi connectivity index (χ1n) is 43.2. The van der Waals surface area contributed by atoms with Crippen LogP contribution in [0.3, 0.4) is 0 Å². The fraction of sp³-hybridized carbons (Fsp3) is 0.731. The smallest absolute Gasteiger partial charge is 0.190 e. The van der Waals surface area contributed by atoms with Gasteiger partial charge in [-0.05, 0) is 218 Å². The zero-order valence-corrected chi connectivity index (χ0v) is 71.0. The molecule has 12 saturated carbocycles. The monoisotopic (exact) mass is 1650 g/mol. The van der Waals surface area contributed by atoms with E-state index in [1.54, 1.807) is 51.6 Å². The second-order valence-corrected chi connectivity index (χ2v) is 41.7. The molecule has 2 aromatic rings. The van der Waals surface area contributed by atoms with E-state index in [1.807, 2.05) is 104 Å². The first-order chi connectivity index (χ1) is 54.8. The van der Waals surface area contributed by atoms with Crippen LogP contribution in [0.4, 0.5) is 17.6 Å². The van der Waals surface area contributed by atoms with Crippen molar-refractivity contribution in [3.63, 3.8) is 0 Å². The highest BCUT2D eigenvalue weighted by molar-refractivity contribution is 6.01. The van der Waals surface area contributed by atoms with Gasteiger partial charge in [0.2, 0.25) is 0 Å². The van der Waals surface area contributed by atoms with Gasteiger partial charge in [-0.15, -0.1) is 0 Å². The molecule has 0 amide bonds. The van der Waals surface area contributed by atoms with Crippen LogP contribution in [0.2, 0.25) is 0 Å². The molecule has 32 atom stereocenters. The third kappa shape index (κ3) is 10.5. The number of hydrogen-bond acceptors (Lipinski definition) is 19. The minimum Gasteiger partial charge on any atom is -0.390 e. The lowest BCUT2D eigenvalue weighted by molar-refractivity contribution is -0.226. The fourth-order valence-electron chi connectivity index (χ4n) is 31.1. The molecule has 12 fully saturated rings. The maximum atomic E-state index is 17.4. The highest BCUT2D eigenvalue weighted by Gasteiger charge is 2.81. The summed E-state index contributed by atoms with van der Waals surface area (Å²) in [6, 6.07) is 0. The van der Waals surface area contributed by atoms with Crippen LogP contribution in [0.5, 0.6) is 0 Å². The van der Waals surface area contributed by atoms with Gasteiger partial charge in [-0.1, -0.05) is 122 Å². The second kappa shape index (κ2) is 27.8. The molecule has 16 aliphatic rings. The summed E-state index contributed by atoms with van der Waals surface area (Å²) in [6.07, 6.45) is 20.2. The Morgan fingerprint density at radius 3 is 1.15 bits per heavy atom. The Morgan fingerprint density at radius 1 is 0.458 bits per heavy atom. The molecule has 12 N–H and O–H groups in total. The van der Waals surface area contributed by atoms with E-state index < -0.39 is 210 Å². The summed E-state index contributed by atoms with van der Waals surface area (Å²) in [5.41, 5.74) is -13.9. The number of fused-ring (bicyclic) bond motifs is 22. The van der Waals surface area contributed by atoms with Gasteiger partial charge in [-0.2, -0.15) is 10.2 Å². The molecule has 0 aromatic carbocycles. The van der Waals surface area contributed by atoms with Crippen molar-refractivity contribution in [3.8, 4) is 0 Å². The van der Waals surface area contributed by atoms with E-state index in [4.69, 9.17) is 0 Å². The van der Waals surface area contributed by atoms with Crippen LogP contribution in [0.25, 0.3) is 12.2 Å². The Morgan fingerprint density at radius 2 is 0.780 bits per heavy atom. The summed E-state index contributed by atoms with van der Waals surface area (Å²) in [5, 5.41) is 138. The molecule has 0 radical (unpaired) electrons. The molecule has 0 bridgehead atoms. The number of carbonyl (C=O) groups is 5. The molecule has 0 aliphatic heterocycles. The largest absolute Gasteiger partial charge is 0.390 e. The molecular formula is C93H126F4N4O17. The van der Waals surface area contributed by atoms with Crippen molar-refractivity contribution in [1.82, 2.24) is 19.6 Å². The number of aryl methyl sites for hydroxylation is 2. The summed E-state index contributed by atoms with van der Waals surface area (Å²) in [6.45, 7) is 22.7. The number of allylic oxidation sites excluding steroid dienone is 11. The number of aromatic nitrogens is 4. The molecular weight excluding hydrogens is 1520 g/mol. The Kier molecular flexibility index (Phi) is 20.6. The van der Waals surface area contributed by atoms with Crippen LogP contribution in [-0.2, 0) is 50.9 Å². The minimum atomic E-state index is -1.98. The average molecular weight is 1650 g/mol. The third-order valence-corrected chi connectivity index (χ3v) is 37.4. The Labute approximate surface area is 689 Å². The van der Waals surface area contributed by atoms with Crippen molar-refractivity contribution in [2.75, 3.05) is 26.4 Å². The van der Waals surface area contributed by atoms with Gasteiger partial charge in [0.1, 0.15) is 60.2 Å². The van der Waals surface area contributed by atoms with Gasteiger partial charge >= 0.3 is 0 Å². The Bertz CT molecular complexity index is 4610. The van der Waals surface area contributed by atoms with E-state index in [1.165, 1.54) is 12.2 Å². The molecule has 0 spiro atoms. The van der Waals surface area contributed by atoms with Crippen molar-refractivity contribution >= 4 is 41.1 Å². The SMILES string of the molecule is C=C1C=C[C@@]2(C)C(=C1)CC[C@H]1[C@@H]3C[C@@H](C)[C@](O)(C(=O)CO)[C@@]3(C)C[C@H](O)[C@@]12F.C[C@@H]1C[C@H]2[C@@H]3CCC4=CC(=O)C=C[C@]4(C)[C@@]3(F)[C@@H](O)C[C@]2(C)[C@@]1(O)C(=O)CO.C[C@@H]1C[C@H]2[C@@H]3CCC4=Cc5c(cnn5C)C[C@]4(C)[C@@]3(F)[C@@H](O)C[C@]2(C)[C@@]1(O)C(=O)CO.C[C@@H]1C[C@H]2[C@@H]3CCC4=Cc5nn(C)cc5C[C@]4(C)[C@@]3(F)[C@@H](O)C[C@]2(C)[C@@]1(O)C(=O)CO. The molecule has 2 heterocycles. The van der Waals surface area contributed by atoms with E-state index in [9.17, 15) is 85.3 Å². The van der Waals surface area contributed by atoms with E-state index >= 15 is 17.6 Å². The van der Waals surface area contributed by atoms with Gasteiger partial charge in [-0.25, -0.2) is 17.6 Å². The summed E-state index contributed by atoms with van der Waals surface area (Å²) < 4.78 is 72.1. The van der Waals surface area contributed by atoms with E-state index in [-0.39, 0.29) is 55.1 Å². The highest BCUT2D eigenvalue weighted by atomic mass is 19.2. The predicted octanol–water partition coefficient (Wildman–Crippen LogP) is 9.19. The van der Waals surface area contributed by atoms with E-state index in [2.05, 4.69) is 16.8 Å². The fourth-order valence-corrected chi connectivity index (χ4v) is 31.1. The molecule has 18 rings (SSSR count). The van der Waals surface area contributed by atoms with Gasteiger partial charge in [0.15, 0.2) is 40.3 Å². The lowest BCUT2D eigenvalue weighted by Gasteiger charge is -2.63. The summed E-state index contributed by atoms with van der Waals surface area (Å²) in [4.78, 5) is 62.3. The third-order valence-electron chi connectivity index (χ3n) is 37.4. The highest BCUT2D eigenvalue weighted by Crippen LogP contribution is 2.77. The van der Waals surface area contributed by atoms with Crippen LogP contribution in [-0.4, -0.2) is 206 Å². The number of aliphatic hydroxyl groups is 12. The standard InChI is InChI=1S/2C24H33FN2O4.C23H31FO4.C22H29FO5/c1-13-7-17-16-6-5-15-8-18-14(11-27(4)26-18)9-21(15,2)23(16,25)19(29)10-22(17,3)24(13,31)20(30)12-28;1-13-7-17-16-6-5-15-8-18-14(11-26-27(18)4)9-21(15,2)23(16,25)19(29)10-22(17,3)24(13,31)20(30)12-28;1-13-7-8-20(3)15(9-13)5-6-16-17-10-14(2)23(28,19(27)12-25)21(17,4)11-18(26)22(16,20)24;1-12-8-16-15-5-4-13-9-14(25)6-7-19(13,2)21(15,23)17(26)10-20(16,3)22(12,28)18(27)11-24/h2*8,11,13,16-17,19,28-29,31H,5-7,9-10,12H2,1-4H3;7-9,14,16-18,25-26,28H,1,5-6,10-12H2,2-4H3;6-7,9,12,15-17,24,26,28H,4-5,8,10-11H2,1-3H3/t2*13-,16+,17+,19+,21+,22+,23+,24+;14-,16+,17+,18+,20+,21+,22+,23+;12-,15+,16+,17+,19+,20+,21+,22+/m1111/s1. The average Bonchev–Trinajstić information content (AvgIpc) is 1.42. The maximum Gasteiger partial charge on any atom is 0.190 e. The van der Waals surface area contributed by atoms with Crippen LogP contribution in [0.15, 0.2) is 83.3 Å². The number of Topliss-reactive ketones (excluding diaryl/α,β-unsaturated/α-hetero) is 4. The molecule has 21 nitrogen and oxygen atoms in total. The van der Waals surface area contributed by atoms with Gasteiger partial charge in [0.25, 0.3) is 0 Å². The summed E-state index contributed by atoms with van der Waals surface area (Å²) >= 11 is 0. The number of nitrogens with zero attached hydrogens (tertiary/aromatic N) is 4. The van der Waals surface area contributed by atoms with Crippen molar-refractivity contribution in [2.45, 2.75) is 268 Å². The molecule has 2 aromatic heterocycles. The Hall–Kier alpha value is -5.81. The molecule has 25 heteroatoms. The Balaban J connectivity index is 0.000000123. The van der Waals surface area contributed by atoms with Crippen molar-refractivity contribution in [1.29, 1.82) is 0 Å². The number of ketones is 5. The maximum absolute atomic E-state index is 17.4. The van der Waals surface area contributed by atoms with Gasteiger partial charge in [-0.3, -0.25) is 33.3 Å². The van der Waals surface area contributed by atoms with E-state index in [0.717, 1.165) is 51.2 Å². The quantitative estimate of drug-likeness (QED) is 0.110. The number of alkyl halides is 4. The summed E-state index contributed by atoms with van der Waals surface area (Å²) in [5.74, 6) is -7.34. The lowest BCUT2D eigenvalue weighted by Crippen LogP contribution is -2.70. The lowest BCUT2D eigenvalue weighted by atomic mass is 9.43. The number of aliphatic hydroxyl groups excluding tert-OH is 8. The van der Waals surface area contributed by atoms with Crippen LogP contribution in [0.1, 0.15) is 208 Å². The zero-order chi connectivity index (χ0) is 86.5. The van der Waals surface area contributed by atoms with E-state index in [0.29, 0.717) is 89.0 Å². The van der Waals surface area contributed by atoms with Crippen molar-refractivity contribution in [2.24, 2.45) is 128 Å². The predicted molar refractivity (Wildman–Crippen MR) is 429 cm³/mol. The molecule has 0 unspecified atom stereocenters. The molecule has 0 saturated heterocycles. The van der Waals surface area contributed by atoms with Crippen LogP contribution in [0, 0.1) is 114 Å². The molecule has 118 heavy (non-hydrogen) atoms. The van der Waals surface area contributed by atoms with Crippen LogP contribution < -0.4 is 0 Å². The molecule has 16 aliphatic carbocycles. The van der Waals surface area contributed by atoms with Gasteiger partial charge in [0, 0.05) is 87.3 Å². The topological polar surface area (TPSA) is 364 Å². The van der Waals surface area contributed by atoms with Crippen LogP contribution >= 0.6 is 0 Å². The normalized spacial score (nSPS) is 50.3. The van der Waals surface area contributed by atoms with Gasteiger partial charge < -0.3 is 61.3 Å². The summed E-state index contributed by atoms with van der Waals surface area (Å²) in [7, 11) is 3.74. The van der Waals surface area contributed by atoms with Crippen molar-refractivity contribution < 1.29 is 103 Å².